The van der Waals surface area contributed by atoms with Crippen LogP contribution in [0.25, 0.3) is 0 Å². The Labute approximate surface area is 196 Å². The Hall–Kier alpha value is -1.34. The summed E-state index contributed by atoms with van der Waals surface area (Å²) in [7, 11) is 6.82. The Bertz CT molecular complexity index is 628. The molecule has 0 bridgehead atoms. The molecule has 0 aliphatic heterocycles. The molecule has 31 heavy (non-hydrogen) atoms. The molecule has 0 aliphatic rings. The van der Waals surface area contributed by atoms with Crippen molar-refractivity contribution in [1.29, 1.82) is 0 Å². The first-order chi connectivity index (χ1) is 14.5. The van der Waals surface area contributed by atoms with E-state index in [9.17, 15) is 0 Å². The molecular formula is C30H54N+. The molecule has 1 nitrogen and oxygen atoms in total. The Kier molecular flexibility index (Phi) is 16.5. The van der Waals surface area contributed by atoms with Gasteiger partial charge in [0, 0.05) is 6.42 Å². The predicted octanol–water partition coefficient (Wildman–Crippen LogP) is 9.35. The summed E-state index contributed by atoms with van der Waals surface area (Å²) in [5.41, 5.74) is 7.58. The zero-order valence-electron chi connectivity index (χ0n) is 22.6. The SMILES string of the molecule is CC(C)=CCC/C(C)=C/CCC(C)=CCC/C=C(\C)CCC=C(C)CCC[N+](C)(C)C. The summed E-state index contributed by atoms with van der Waals surface area (Å²) in [5.74, 6) is 0. The third-order valence-corrected chi connectivity index (χ3v) is 5.71. The molecule has 0 saturated heterocycles. The minimum absolute atomic E-state index is 1.07. The molecule has 0 fully saturated rings. The standard InChI is InChI=1S/C30H54N/c1-26(2)16-12-19-29(5)22-13-20-27(3)17-10-11-18-28(4)21-14-23-30(6)24-15-25-31(7,8)9/h16-18,22-23H,10-15,19-21,24-25H2,1-9H3/q+1/b27-17?,28-18+,29-22+,30-23?. The summed E-state index contributed by atoms with van der Waals surface area (Å²) >= 11 is 0. The predicted molar refractivity (Wildman–Crippen MR) is 144 cm³/mol. The summed E-state index contributed by atoms with van der Waals surface area (Å²) in [6.07, 6.45) is 24.1. The first kappa shape index (κ1) is 29.7. The molecule has 1 heteroatoms. The lowest BCUT2D eigenvalue weighted by Gasteiger charge is -2.23. The Morgan fingerprint density at radius 3 is 1.23 bits per heavy atom. The largest absolute Gasteiger partial charge is 0.331 e. The summed E-state index contributed by atoms with van der Waals surface area (Å²) in [6.45, 7) is 14.8. The number of rotatable bonds is 16. The van der Waals surface area contributed by atoms with Gasteiger partial charge in [0.1, 0.15) is 0 Å². The maximum Gasteiger partial charge on any atom is 0.0783 e. The normalized spacial score (nSPS) is 14.2. The molecule has 0 atom stereocenters. The van der Waals surface area contributed by atoms with Gasteiger partial charge in [0.05, 0.1) is 27.7 Å². The van der Waals surface area contributed by atoms with E-state index in [1.165, 1.54) is 93.0 Å². The second kappa shape index (κ2) is 17.2. The number of hydrogen-bond acceptors (Lipinski definition) is 0. The Balaban J connectivity index is 4.04. The molecular weight excluding hydrogens is 374 g/mol. The van der Waals surface area contributed by atoms with Crippen molar-refractivity contribution in [2.24, 2.45) is 0 Å². The molecule has 0 spiro atoms. The molecule has 0 unspecified atom stereocenters. The first-order valence-electron chi connectivity index (χ1n) is 12.6. The lowest BCUT2D eigenvalue weighted by Crippen LogP contribution is -2.35. The van der Waals surface area contributed by atoms with Crippen molar-refractivity contribution in [2.45, 2.75) is 106 Å². The summed E-state index contributed by atoms with van der Waals surface area (Å²) < 4.78 is 1.07. The summed E-state index contributed by atoms with van der Waals surface area (Å²) in [6, 6.07) is 0. The minimum Gasteiger partial charge on any atom is -0.331 e. The van der Waals surface area contributed by atoms with Crippen LogP contribution in [0, 0.1) is 0 Å². The highest BCUT2D eigenvalue weighted by molar-refractivity contribution is 5.07. The highest BCUT2D eigenvalue weighted by Crippen LogP contribution is 2.14. The molecule has 0 rings (SSSR count). The number of hydrogen-bond donors (Lipinski definition) is 0. The Morgan fingerprint density at radius 2 is 0.839 bits per heavy atom. The molecule has 0 saturated carbocycles. The fourth-order valence-corrected chi connectivity index (χ4v) is 3.58. The van der Waals surface area contributed by atoms with Crippen LogP contribution in [-0.4, -0.2) is 32.2 Å². The monoisotopic (exact) mass is 428 g/mol. The lowest BCUT2D eigenvalue weighted by atomic mass is 10.0. The average Bonchev–Trinajstić information content (AvgIpc) is 2.64. The van der Waals surface area contributed by atoms with Crippen LogP contribution < -0.4 is 0 Å². The molecule has 178 valence electrons. The quantitative estimate of drug-likeness (QED) is 0.130. The third kappa shape index (κ3) is 21.7. The second-order valence-electron chi connectivity index (χ2n) is 10.8. The van der Waals surface area contributed by atoms with Gasteiger partial charge in [-0.25, -0.2) is 0 Å². The maximum absolute atomic E-state index is 2.45. The van der Waals surface area contributed by atoms with E-state index in [1.54, 1.807) is 5.57 Å². The zero-order chi connectivity index (χ0) is 23.7. The summed E-state index contributed by atoms with van der Waals surface area (Å²) in [5, 5.41) is 0. The topological polar surface area (TPSA) is 0 Å². The zero-order valence-corrected chi connectivity index (χ0v) is 22.6. The average molecular weight is 429 g/mol. The van der Waals surface area contributed by atoms with Crippen molar-refractivity contribution in [2.75, 3.05) is 27.7 Å². The van der Waals surface area contributed by atoms with Crippen molar-refractivity contribution in [3.8, 4) is 0 Å². The van der Waals surface area contributed by atoms with E-state index in [4.69, 9.17) is 0 Å². The van der Waals surface area contributed by atoms with Crippen LogP contribution in [0.1, 0.15) is 106 Å². The Morgan fingerprint density at radius 1 is 0.484 bits per heavy atom. The number of nitrogens with zero attached hydrogens (tertiary/aromatic N) is 1. The van der Waals surface area contributed by atoms with Gasteiger partial charge in [-0.15, -0.1) is 0 Å². The van der Waals surface area contributed by atoms with Crippen LogP contribution in [-0.2, 0) is 0 Å². The molecule has 0 aromatic carbocycles. The molecule has 0 amide bonds. The number of quaternary nitrogens is 1. The first-order valence-corrected chi connectivity index (χ1v) is 12.6. The minimum atomic E-state index is 1.07. The third-order valence-electron chi connectivity index (χ3n) is 5.71. The highest BCUT2D eigenvalue weighted by Gasteiger charge is 2.05. The van der Waals surface area contributed by atoms with Crippen molar-refractivity contribution in [3.63, 3.8) is 0 Å². The van der Waals surface area contributed by atoms with E-state index >= 15 is 0 Å². The van der Waals surface area contributed by atoms with Gasteiger partial charge in [-0.05, 0) is 99.3 Å². The van der Waals surface area contributed by atoms with Crippen molar-refractivity contribution >= 4 is 0 Å². The molecule has 0 aromatic heterocycles. The van der Waals surface area contributed by atoms with E-state index in [1.807, 2.05) is 0 Å². The van der Waals surface area contributed by atoms with E-state index < -0.39 is 0 Å². The van der Waals surface area contributed by atoms with Gasteiger partial charge in [0.25, 0.3) is 0 Å². The van der Waals surface area contributed by atoms with Gasteiger partial charge in [-0.1, -0.05) is 58.2 Å². The van der Waals surface area contributed by atoms with Gasteiger partial charge >= 0.3 is 0 Å². The fraction of sp³-hybridized carbons (Fsp3) is 0.667. The highest BCUT2D eigenvalue weighted by atomic mass is 15.3. The lowest BCUT2D eigenvalue weighted by molar-refractivity contribution is -0.870. The smallest absolute Gasteiger partial charge is 0.0783 e. The molecule has 0 N–H and O–H groups in total. The van der Waals surface area contributed by atoms with Crippen LogP contribution in [0.4, 0.5) is 0 Å². The van der Waals surface area contributed by atoms with Crippen molar-refractivity contribution < 1.29 is 4.48 Å². The van der Waals surface area contributed by atoms with Crippen LogP contribution >= 0.6 is 0 Å². The van der Waals surface area contributed by atoms with Gasteiger partial charge in [0.15, 0.2) is 0 Å². The van der Waals surface area contributed by atoms with Crippen LogP contribution in [0.15, 0.2) is 58.2 Å². The molecule has 0 radical (unpaired) electrons. The van der Waals surface area contributed by atoms with Crippen LogP contribution in [0.5, 0.6) is 0 Å². The van der Waals surface area contributed by atoms with Crippen molar-refractivity contribution in [1.82, 2.24) is 0 Å². The maximum atomic E-state index is 2.45. The van der Waals surface area contributed by atoms with E-state index in [2.05, 4.69) is 93.1 Å². The van der Waals surface area contributed by atoms with E-state index in [0.717, 1.165) is 4.48 Å². The van der Waals surface area contributed by atoms with Gasteiger partial charge in [-0.2, -0.15) is 0 Å². The van der Waals surface area contributed by atoms with Crippen LogP contribution in [0.2, 0.25) is 0 Å². The van der Waals surface area contributed by atoms with Crippen LogP contribution in [0.3, 0.4) is 0 Å². The molecule has 0 aromatic rings. The van der Waals surface area contributed by atoms with E-state index in [0.29, 0.717) is 0 Å². The number of unbranched alkanes of at least 4 members (excludes halogenated alkanes) is 1. The number of allylic oxidation sites excluding steroid dienone is 10. The van der Waals surface area contributed by atoms with Gasteiger partial charge in [0.2, 0.25) is 0 Å². The van der Waals surface area contributed by atoms with Gasteiger partial charge < -0.3 is 4.48 Å². The molecule has 0 heterocycles. The van der Waals surface area contributed by atoms with Crippen molar-refractivity contribution in [3.05, 3.63) is 58.2 Å². The summed E-state index contributed by atoms with van der Waals surface area (Å²) in [4.78, 5) is 0. The molecule has 0 aliphatic carbocycles. The van der Waals surface area contributed by atoms with Gasteiger partial charge in [-0.3, -0.25) is 0 Å². The fourth-order valence-electron chi connectivity index (χ4n) is 3.58. The van der Waals surface area contributed by atoms with E-state index in [-0.39, 0.29) is 0 Å². The second-order valence-corrected chi connectivity index (χ2v) is 10.8.